The fourth-order valence-corrected chi connectivity index (χ4v) is 3.98. The first kappa shape index (κ1) is 20.2. The zero-order chi connectivity index (χ0) is 20.9. The van der Waals surface area contributed by atoms with Crippen LogP contribution >= 0.6 is 0 Å². The van der Waals surface area contributed by atoms with Crippen LogP contribution in [0, 0.1) is 5.92 Å². The molecule has 0 saturated carbocycles. The summed E-state index contributed by atoms with van der Waals surface area (Å²) in [5.41, 5.74) is 5.75. The van der Waals surface area contributed by atoms with E-state index < -0.39 is 0 Å². The number of anilines is 1. The molecule has 1 fully saturated rings. The number of amides is 1. The quantitative estimate of drug-likeness (QED) is 0.680. The molecule has 1 amide bonds. The van der Waals surface area contributed by atoms with Gasteiger partial charge in [0.05, 0.1) is 23.3 Å². The Morgan fingerprint density at radius 1 is 1.10 bits per heavy atom. The van der Waals surface area contributed by atoms with Gasteiger partial charge in [-0.05, 0) is 49.4 Å². The van der Waals surface area contributed by atoms with Crippen molar-refractivity contribution in [3.63, 3.8) is 0 Å². The molecule has 0 unspecified atom stereocenters. The highest BCUT2D eigenvalue weighted by molar-refractivity contribution is 5.79. The number of rotatable bonds is 6. The molecule has 0 aliphatic carbocycles. The third-order valence-corrected chi connectivity index (χ3v) is 5.78. The molecule has 156 valence electrons. The van der Waals surface area contributed by atoms with E-state index in [-0.39, 0.29) is 11.8 Å². The van der Waals surface area contributed by atoms with Crippen LogP contribution in [-0.2, 0) is 24.2 Å². The summed E-state index contributed by atoms with van der Waals surface area (Å²) in [5.74, 6) is 0.184. The molecular formula is C23H28N6O. The van der Waals surface area contributed by atoms with Crippen LogP contribution in [0.5, 0.6) is 0 Å². The second-order valence-electron chi connectivity index (χ2n) is 7.69. The number of fused-ring (bicyclic) bond motifs is 1. The molecule has 1 aliphatic heterocycles. The number of hydrogen-bond donors (Lipinski definition) is 1. The number of carbonyl (C=O) groups excluding carboxylic acids is 1. The van der Waals surface area contributed by atoms with Crippen LogP contribution < -0.4 is 10.2 Å². The van der Waals surface area contributed by atoms with Crippen molar-refractivity contribution in [2.75, 3.05) is 18.0 Å². The Bertz CT molecular complexity index is 1010. The van der Waals surface area contributed by atoms with Gasteiger partial charge in [0.1, 0.15) is 5.52 Å². The second kappa shape index (κ2) is 9.15. The molecule has 7 nitrogen and oxygen atoms in total. The van der Waals surface area contributed by atoms with Gasteiger partial charge in [0.15, 0.2) is 5.65 Å². The van der Waals surface area contributed by atoms with Crippen molar-refractivity contribution in [2.24, 2.45) is 5.92 Å². The van der Waals surface area contributed by atoms with Crippen molar-refractivity contribution in [3.05, 3.63) is 53.7 Å². The van der Waals surface area contributed by atoms with Gasteiger partial charge in [0.2, 0.25) is 5.91 Å². The third-order valence-electron chi connectivity index (χ3n) is 5.78. The Morgan fingerprint density at radius 2 is 1.80 bits per heavy atom. The minimum absolute atomic E-state index is 0.0510. The van der Waals surface area contributed by atoms with E-state index >= 15 is 0 Å². The van der Waals surface area contributed by atoms with Gasteiger partial charge in [-0.2, -0.15) is 0 Å². The van der Waals surface area contributed by atoms with Gasteiger partial charge >= 0.3 is 0 Å². The summed E-state index contributed by atoms with van der Waals surface area (Å²) < 4.78 is 0. The maximum atomic E-state index is 12.5. The zero-order valence-corrected chi connectivity index (χ0v) is 17.6. The van der Waals surface area contributed by atoms with Crippen LogP contribution in [0.1, 0.15) is 43.6 Å². The van der Waals surface area contributed by atoms with Crippen LogP contribution in [0.25, 0.3) is 11.2 Å². The Morgan fingerprint density at radius 3 is 2.50 bits per heavy atom. The largest absolute Gasteiger partial charge is 0.370 e. The van der Waals surface area contributed by atoms with Crippen LogP contribution in [-0.4, -0.2) is 38.9 Å². The number of aryl methyl sites for hydroxylation is 2. The first-order chi connectivity index (χ1) is 14.7. The average Bonchev–Trinajstić information content (AvgIpc) is 2.82. The molecule has 1 saturated heterocycles. The lowest BCUT2D eigenvalue weighted by Gasteiger charge is -2.32. The van der Waals surface area contributed by atoms with E-state index in [9.17, 15) is 4.79 Å². The van der Waals surface area contributed by atoms with Crippen LogP contribution in [0.3, 0.4) is 0 Å². The van der Waals surface area contributed by atoms with Crippen molar-refractivity contribution in [1.29, 1.82) is 0 Å². The number of nitrogens with one attached hydrogen (secondary N) is 1. The Labute approximate surface area is 177 Å². The Kier molecular flexibility index (Phi) is 6.16. The maximum absolute atomic E-state index is 12.5. The fourth-order valence-electron chi connectivity index (χ4n) is 3.98. The molecule has 4 heterocycles. The first-order valence-electron chi connectivity index (χ1n) is 10.7. The van der Waals surface area contributed by atoms with Crippen LogP contribution in [0.15, 0.2) is 36.8 Å². The highest BCUT2D eigenvalue weighted by Gasteiger charge is 2.25. The summed E-state index contributed by atoms with van der Waals surface area (Å²) >= 11 is 0. The van der Waals surface area contributed by atoms with E-state index in [0.717, 1.165) is 66.9 Å². The smallest absolute Gasteiger partial charge is 0.223 e. The van der Waals surface area contributed by atoms with E-state index in [1.807, 2.05) is 18.3 Å². The van der Waals surface area contributed by atoms with Crippen molar-refractivity contribution in [3.8, 4) is 0 Å². The van der Waals surface area contributed by atoms with Crippen LogP contribution in [0.2, 0.25) is 0 Å². The molecule has 0 spiro atoms. The van der Waals surface area contributed by atoms with E-state index in [0.29, 0.717) is 12.2 Å². The molecule has 1 aliphatic rings. The lowest BCUT2D eigenvalue weighted by molar-refractivity contribution is -0.125. The highest BCUT2D eigenvalue weighted by atomic mass is 16.1. The molecule has 0 atom stereocenters. The van der Waals surface area contributed by atoms with E-state index in [1.165, 1.54) is 0 Å². The van der Waals surface area contributed by atoms with E-state index in [2.05, 4.69) is 45.1 Å². The zero-order valence-electron chi connectivity index (χ0n) is 17.6. The average molecular weight is 405 g/mol. The Balaban J connectivity index is 1.38. The minimum Gasteiger partial charge on any atom is -0.370 e. The van der Waals surface area contributed by atoms with Gasteiger partial charge in [-0.25, -0.2) is 15.0 Å². The van der Waals surface area contributed by atoms with Gasteiger partial charge in [0, 0.05) is 37.9 Å². The molecule has 0 bridgehead atoms. The molecular weight excluding hydrogens is 376 g/mol. The predicted molar refractivity (Wildman–Crippen MR) is 117 cm³/mol. The molecule has 7 heteroatoms. The fraction of sp³-hybridized carbons (Fsp3) is 0.435. The molecule has 3 aromatic heterocycles. The number of carbonyl (C=O) groups is 1. The van der Waals surface area contributed by atoms with Crippen molar-refractivity contribution in [1.82, 2.24) is 25.3 Å². The summed E-state index contributed by atoms with van der Waals surface area (Å²) in [5, 5.41) is 3.06. The Hall–Kier alpha value is -3.09. The number of hydrogen-bond acceptors (Lipinski definition) is 6. The number of nitrogens with zero attached hydrogens (tertiary/aromatic N) is 5. The number of aromatic nitrogens is 4. The molecule has 30 heavy (non-hydrogen) atoms. The van der Waals surface area contributed by atoms with Crippen LogP contribution in [0.4, 0.5) is 5.69 Å². The lowest BCUT2D eigenvalue weighted by atomic mass is 9.95. The number of pyridine rings is 2. The van der Waals surface area contributed by atoms with E-state index in [4.69, 9.17) is 4.98 Å². The molecule has 0 aromatic carbocycles. The normalized spacial score (nSPS) is 14.8. The van der Waals surface area contributed by atoms with Gasteiger partial charge < -0.3 is 10.2 Å². The minimum atomic E-state index is 0.0510. The molecule has 1 N–H and O–H groups in total. The number of piperidine rings is 1. The summed E-state index contributed by atoms with van der Waals surface area (Å²) in [7, 11) is 0. The predicted octanol–water partition coefficient (Wildman–Crippen LogP) is 3.08. The van der Waals surface area contributed by atoms with Gasteiger partial charge in [-0.15, -0.1) is 0 Å². The monoisotopic (exact) mass is 404 g/mol. The first-order valence-corrected chi connectivity index (χ1v) is 10.7. The summed E-state index contributed by atoms with van der Waals surface area (Å²) in [6.07, 6.45) is 8.78. The summed E-state index contributed by atoms with van der Waals surface area (Å²) in [4.78, 5) is 32.9. The molecule has 4 rings (SSSR count). The topological polar surface area (TPSA) is 83.9 Å². The molecule has 3 aromatic rings. The molecule has 0 radical (unpaired) electrons. The van der Waals surface area contributed by atoms with Gasteiger partial charge in [0.25, 0.3) is 0 Å². The van der Waals surface area contributed by atoms with Gasteiger partial charge in [-0.3, -0.25) is 9.78 Å². The summed E-state index contributed by atoms with van der Waals surface area (Å²) in [6.45, 7) is 6.43. The van der Waals surface area contributed by atoms with E-state index in [1.54, 1.807) is 12.4 Å². The van der Waals surface area contributed by atoms with Gasteiger partial charge in [-0.1, -0.05) is 13.8 Å². The second-order valence-corrected chi connectivity index (χ2v) is 7.69. The van der Waals surface area contributed by atoms with Crippen molar-refractivity contribution >= 4 is 22.8 Å². The third kappa shape index (κ3) is 4.40. The lowest BCUT2D eigenvalue weighted by Crippen LogP contribution is -2.40. The van der Waals surface area contributed by atoms with Crippen molar-refractivity contribution < 1.29 is 4.79 Å². The van der Waals surface area contributed by atoms with Crippen molar-refractivity contribution in [2.45, 2.75) is 46.1 Å². The summed E-state index contributed by atoms with van der Waals surface area (Å²) in [6, 6.07) is 5.93. The maximum Gasteiger partial charge on any atom is 0.223 e. The highest BCUT2D eigenvalue weighted by Crippen LogP contribution is 2.25. The SMILES string of the molecule is CCc1nc2cc(N3CCC(C(=O)NCc4ccncc4)CC3)cnc2nc1CC. The standard InChI is InChI=1S/C23H28N6O/c1-3-19-20(4-2)28-22-21(27-19)13-18(15-25-22)29-11-7-17(8-12-29)23(30)26-14-16-5-9-24-10-6-16/h5-6,9-10,13,15,17H,3-4,7-8,11-12,14H2,1-2H3,(H,26,30).